The van der Waals surface area contributed by atoms with Gasteiger partial charge in [-0.25, -0.2) is 0 Å². The van der Waals surface area contributed by atoms with Gasteiger partial charge in [0.15, 0.2) is 5.79 Å². The zero-order valence-electron chi connectivity index (χ0n) is 25.8. The third-order valence-electron chi connectivity index (χ3n) is 9.66. The number of carbonyl (C=O) groups is 3. The molecule has 40 heavy (non-hydrogen) atoms. The Bertz CT molecular complexity index is 852. The van der Waals surface area contributed by atoms with E-state index in [2.05, 4.69) is 17.6 Å². The van der Waals surface area contributed by atoms with Crippen LogP contribution in [-0.4, -0.2) is 54.0 Å². The van der Waals surface area contributed by atoms with E-state index >= 15 is 0 Å². The van der Waals surface area contributed by atoms with Crippen LogP contribution in [0.25, 0.3) is 0 Å². The topological polar surface area (TPSA) is 114 Å². The van der Waals surface area contributed by atoms with Crippen molar-refractivity contribution in [2.45, 2.75) is 149 Å². The third-order valence-corrected chi connectivity index (χ3v) is 9.66. The van der Waals surface area contributed by atoms with Gasteiger partial charge < -0.3 is 25.2 Å². The average Bonchev–Trinajstić information content (AvgIpc) is 2.87. The molecule has 0 spiro atoms. The minimum atomic E-state index is -0.930. The van der Waals surface area contributed by atoms with E-state index in [9.17, 15) is 19.5 Å². The van der Waals surface area contributed by atoms with Gasteiger partial charge in [-0.1, -0.05) is 85.0 Å². The van der Waals surface area contributed by atoms with Crippen LogP contribution in [0, 0.1) is 22.7 Å². The van der Waals surface area contributed by atoms with E-state index in [0.717, 1.165) is 57.8 Å². The molecule has 2 amide bonds. The molecule has 3 aliphatic rings. The fraction of sp³-hybridized carbons (Fsp3) is 0.906. The lowest BCUT2D eigenvalue weighted by Crippen LogP contribution is -2.58. The van der Waals surface area contributed by atoms with E-state index in [4.69, 9.17) is 9.47 Å². The van der Waals surface area contributed by atoms with Gasteiger partial charge in [-0.2, -0.15) is 0 Å². The van der Waals surface area contributed by atoms with Crippen molar-refractivity contribution in [2.24, 2.45) is 22.7 Å². The Kier molecular flexibility index (Phi) is 11.9. The number of carbonyl (C=O) groups excluding carboxylic acids is 2. The van der Waals surface area contributed by atoms with Crippen LogP contribution in [0.15, 0.2) is 0 Å². The molecule has 8 heteroatoms. The second-order valence-electron chi connectivity index (χ2n) is 13.9. The first-order valence-corrected chi connectivity index (χ1v) is 16.0. The van der Waals surface area contributed by atoms with Crippen LogP contribution in [0.4, 0.5) is 0 Å². The highest BCUT2D eigenvalue weighted by Gasteiger charge is 2.47. The molecule has 3 fully saturated rings. The monoisotopic (exact) mass is 564 g/mol. The molecular formula is C32H56N2O6. The number of hydrogen-bond acceptors (Lipinski definition) is 5. The standard InChI is InChI=1S/C32H56N2O6/c1-6-7-8-9-10-11-14-18-32(19-15-20-32)29(38)34-25-17-13-12-16-23(25)24(28(36)37)21-33-27(35)26-30(2,3)22-39-31(4,5)40-26/h23-26H,6-22H2,1-5H3,(H,33,35)(H,34,38)(H,36,37). The van der Waals surface area contributed by atoms with Crippen LogP contribution in [0.1, 0.15) is 131 Å². The van der Waals surface area contributed by atoms with Crippen molar-refractivity contribution in [3.8, 4) is 0 Å². The van der Waals surface area contributed by atoms with Gasteiger partial charge in [0.2, 0.25) is 11.8 Å². The summed E-state index contributed by atoms with van der Waals surface area (Å²) in [5.74, 6) is -2.99. The van der Waals surface area contributed by atoms with Crippen LogP contribution in [-0.2, 0) is 23.9 Å². The summed E-state index contributed by atoms with van der Waals surface area (Å²) in [4.78, 5) is 39.3. The predicted octanol–water partition coefficient (Wildman–Crippen LogP) is 5.97. The number of carboxylic acid groups (broad SMARTS) is 1. The van der Waals surface area contributed by atoms with E-state index in [1.165, 1.54) is 38.5 Å². The van der Waals surface area contributed by atoms with Crippen molar-refractivity contribution in [3.63, 3.8) is 0 Å². The highest BCUT2D eigenvalue weighted by Crippen LogP contribution is 2.46. The Morgan fingerprint density at radius 2 is 1.57 bits per heavy atom. The summed E-state index contributed by atoms with van der Waals surface area (Å²) in [6.45, 7) is 10.0. The largest absolute Gasteiger partial charge is 0.481 e. The Morgan fingerprint density at radius 1 is 0.925 bits per heavy atom. The molecule has 8 nitrogen and oxygen atoms in total. The van der Waals surface area contributed by atoms with Crippen LogP contribution in [0.5, 0.6) is 0 Å². The van der Waals surface area contributed by atoms with Gasteiger partial charge in [0.1, 0.15) is 6.10 Å². The van der Waals surface area contributed by atoms with Gasteiger partial charge >= 0.3 is 5.97 Å². The number of unbranched alkanes of at least 4 members (excludes halogenated alkanes) is 6. The first kappa shape index (κ1) is 32.8. The number of hydrogen-bond donors (Lipinski definition) is 3. The smallest absolute Gasteiger partial charge is 0.308 e. The fourth-order valence-electron chi connectivity index (χ4n) is 6.80. The Balaban J connectivity index is 1.58. The quantitative estimate of drug-likeness (QED) is 0.211. The number of ether oxygens (including phenoxy) is 2. The Hall–Kier alpha value is -1.67. The van der Waals surface area contributed by atoms with Gasteiger partial charge in [-0.15, -0.1) is 0 Å². The van der Waals surface area contributed by atoms with Gasteiger partial charge in [-0.05, 0) is 51.9 Å². The summed E-state index contributed by atoms with van der Waals surface area (Å²) in [7, 11) is 0. The van der Waals surface area contributed by atoms with Crippen molar-refractivity contribution in [3.05, 3.63) is 0 Å². The molecule has 3 N–H and O–H groups in total. The lowest BCUT2D eigenvalue weighted by molar-refractivity contribution is -0.304. The van der Waals surface area contributed by atoms with E-state index < -0.39 is 29.2 Å². The van der Waals surface area contributed by atoms with Gasteiger partial charge in [0.05, 0.1) is 12.5 Å². The summed E-state index contributed by atoms with van der Waals surface area (Å²) in [6.07, 6.45) is 15.2. The van der Waals surface area contributed by atoms with Crippen molar-refractivity contribution < 1.29 is 29.0 Å². The molecule has 1 aliphatic heterocycles. The van der Waals surface area contributed by atoms with Crippen molar-refractivity contribution in [1.29, 1.82) is 0 Å². The molecule has 1 heterocycles. The van der Waals surface area contributed by atoms with Gasteiger partial charge in [-0.3, -0.25) is 14.4 Å². The number of nitrogens with one attached hydrogen (secondary N) is 2. The molecule has 2 aliphatic carbocycles. The maximum absolute atomic E-state index is 13.6. The minimum Gasteiger partial charge on any atom is -0.481 e. The molecule has 0 aromatic rings. The average molecular weight is 565 g/mol. The molecule has 4 unspecified atom stereocenters. The SMILES string of the molecule is CCCCCCCCCC1(C(=O)NC2CCCCC2C(CNC(=O)C2OC(C)(C)OCC2(C)C)C(=O)O)CCC1. The molecule has 0 aromatic carbocycles. The van der Waals surface area contributed by atoms with Crippen LogP contribution < -0.4 is 10.6 Å². The highest BCUT2D eigenvalue weighted by molar-refractivity contribution is 5.84. The minimum absolute atomic E-state index is 0.0194. The van der Waals surface area contributed by atoms with Crippen LogP contribution in [0.3, 0.4) is 0 Å². The number of carboxylic acids is 1. The van der Waals surface area contributed by atoms with Crippen molar-refractivity contribution in [1.82, 2.24) is 10.6 Å². The first-order chi connectivity index (χ1) is 18.9. The highest BCUT2D eigenvalue weighted by atomic mass is 16.7. The van der Waals surface area contributed by atoms with Gasteiger partial charge in [0, 0.05) is 23.4 Å². The number of amides is 2. The maximum atomic E-state index is 13.6. The summed E-state index contributed by atoms with van der Waals surface area (Å²) >= 11 is 0. The predicted molar refractivity (Wildman–Crippen MR) is 156 cm³/mol. The Morgan fingerprint density at radius 3 is 2.20 bits per heavy atom. The summed E-state index contributed by atoms with van der Waals surface area (Å²) < 4.78 is 11.7. The molecule has 1 saturated heterocycles. The molecule has 230 valence electrons. The molecule has 0 radical (unpaired) electrons. The number of rotatable bonds is 15. The zero-order chi connectivity index (χ0) is 29.4. The first-order valence-electron chi connectivity index (χ1n) is 16.0. The normalized spacial score (nSPS) is 27.7. The molecule has 0 bridgehead atoms. The molecule has 2 saturated carbocycles. The van der Waals surface area contributed by atoms with Crippen LogP contribution in [0.2, 0.25) is 0 Å². The molecule has 4 atom stereocenters. The maximum Gasteiger partial charge on any atom is 0.308 e. The van der Waals surface area contributed by atoms with Crippen molar-refractivity contribution in [2.75, 3.05) is 13.2 Å². The lowest BCUT2D eigenvalue weighted by Gasteiger charge is -2.45. The summed E-state index contributed by atoms with van der Waals surface area (Å²) in [5.41, 5.74) is -0.816. The second-order valence-corrected chi connectivity index (χ2v) is 13.9. The third kappa shape index (κ3) is 8.67. The van der Waals surface area contributed by atoms with Crippen molar-refractivity contribution >= 4 is 17.8 Å². The summed E-state index contributed by atoms with van der Waals surface area (Å²) in [6, 6.07) is -0.180. The molecule has 3 rings (SSSR count). The van der Waals surface area contributed by atoms with E-state index in [-0.39, 0.29) is 35.7 Å². The fourth-order valence-corrected chi connectivity index (χ4v) is 6.80. The van der Waals surface area contributed by atoms with E-state index in [0.29, 0.717) is 6.61 Å². The zero-order valence-corrected chi connectivity index (χ0v) is 25.8. The Labute approximate surface area is 242 Å². The van der Waals surface area contributed by atoms with E-state index in [1.54, 1.807) is 13.8 Å². The lowest BCUT2D eigenvalue weighted by atomic mass is 9.64. The van der Waals surface area contributed by atoms with E-state index in [1.807, 2.05) is 13.8 Å². The molecule has 0 aromatic heterocycles. The summed E-state index contributed by atoms with van der Waals surface area (Å²) in [5, 5.41) is 16.4. The second kappa shape index (κ2) is 14.5. The van der Waals surface area contributed by atoms with Crippen LogP contribution >= 0.6 is 0 Å². The molecular weight excluding hydrogens is 508 g/mol. The number of aliphatic carboxylic acids is 1. The van der Waals surface area contributed by atoms with Gasteiger partial charge in [0.25, 0.3) is 0 Å².